The van der Waals surface area contributed by atoms with Crippen LogP contribution < -0.4 is 0 Å². The zero-order chi connectivity index (χ0) is 8.72. The van der Waals surface area contributed by atoms with Crippen LogP contribution in [0.15, 0.2) is 17.5 Å². The molecule has 0 N–H and O–H groups in total. The van der Waals surface area contributed by atoms with Gasteiger partial charge in [-0.25, -0.2) is 4.39 Å². The Bertz CT molecular complexity index is 429. The molecular formula is C10H9FS. The van der Waals surface area contributed by atoms with Crippen LogP contribution in [0.3, 0.4) is 0 Å². The Morgan fingerprint density at radius 2 is 2.00 bits per heavy atom. The standard InChI is InChI=1S/C10H9FS/c1-6-3-7(2)10-8(11)5-12-9(10)4-6/h3-5H,1-2H3. The lowest BCUT2D eigenvalue weighted by atomic mass is 10.1. The van der Waals surface area contributed by atoms with Gasteiger partial charge in [-0.15, -0.1) is 11.3 Å². The van der Waals surface area contributed by atoms with Crippen LogP contribution in [-0.2, 0) is 0 Å². The zero-order valence-electron chi connectivity index (χ0n) is 7.02. The first kappa shape index (κ1) is 7.74. The van der Waals surface area contributed by atoms with E-state index in [-0.39, 0.29) is 5.82 Å². The molecular weight excluding hydrogens is 171 g/mol. The molecule has 0 aliphatic carbocycles. The van der Waals surface area contributed by atoms with Crippen molar-refractivity contribution in [3.63, 3.8) is 0 Å². The summed E-state index contributed by atoms with van der Waals surface area (Å²) < 4.78 is 14.2. The van der Waals surface area contributed by atoms with Crippen LogP contribution in [0.1, 0.15) is 11.1 Å². The molecule has 0 amide bonds. The van der Waals surface area contributed by atoms with Gasteiger partial charge in [-0.2, -0.15) is 0 Å². The van der Waals surface area contributed by atoms with E-state index in [1.807, 2.05) is 26.0 Å². The molecule has 0 spiro atoms. The molecule has 1 aromatic carbocycles. The molecule has 12 heavy (non-hydrogen) atoms. The summed E-state index contributed by atoms with van der Waals surface area (Å²) in [6.07, 6.45) is 0. The van der Waals surface area contributed by atoms with Gasteiger partial charge in [-0.1, -0.05) is 6.07 Å². The molecule has 2 aromatic rings. The van der Waals surface area contributed by atoms with Crippen molar-refractivity contribution in [2.24, 2.45) is 0 Å². The highest BCUT2D eigenvalue weighted by Gasteiger charge is 2.05. The molecule has 2 heteroatoms. The maximum absolute atomic E-state index is 13.1. The summed E-state index contributed by atoms with van der Waals surface area (Å²) >= 11 is 1.47. The summed E-state index contributed by atoms with van der Waals surface area (Å²) in [5.74, 6) is -0.0903. The van der Waals surface area contributed by atoms with E-state index in [9.17, 15) is 4.39 Å². The zero-order valence-corrected chi connectivity index (χ0v) is 7.83. The smallest absolute Gasteiger partial charge is 0.141 e. The molecule has 0 nitrogen and oxygen atoms in total. The van der Waals surface area contributed by atoms with Crippen LogP contribution in [-0.4, -0.2) is 0 Å². The monoisotopic (exact) mass is 180 g/mol. The summed E-state index contributed by atoms with van der Waals surface area (Å²) in [5, 5.41) is 2.35. The van der Waals surface area contributed by atoms with Crippen LogP contribution in [0.5, 0.6) is 0 Å². The third-order valence-corrected chi connectivity index (χ3v) is 2.87. The van der Waals surface area contributed by atoms with E-state index >= 15 is 0 Å². The Balaban J connectivity index is 2.93. The molecule has 1 aromatic heterocycles. The van der Waals surface area contributed by atoms with Crippen LogP contribution in [0.25, 0.3) is 10.1 Å². The molecule has 1 heterocycles. The lowest BCUT2D eigenvalue weighted by molar-refractivity contribution is 0.643. The fourth-order valence-electron chi connectivity index (χ4n) is 1.50. The highest BCUT2D eigenvalue weighted by atomic mass is 32.1. The summed E-state index contributed by atoms with van der Waals surface area (Å²) in [4.78, 5) is 0. The number of rotatable bonds is 0. The highest BCUT2D eigenvalue weighted by Crippen LogP contribution is 2.28. The molecule has 0 saturated heterocycles. The van der Waals surface area contributed by atoms with Gasteiger partial charge in [-0.05, 0) is 31.0 Å². The van der Waals surface area contributed by atoms with Gasteiger partial charge in [0, 0.05) is 15.5 Å². The molecule has 0 atom stereocenters. The van der Waals surface area contributed by atoms with Gasteiger partial charge >= 0.3 is 0 Å². The van der Waals surface area contributed by atoms with Gasteiger partial charge in [-0.3, -0.25) is 0 Å². The largest absolute Gasteiger partial charge is 0.205 e. The highest BCUT2D eigenvalue weighted by molar-refractivity contribution is 7.17. The van der Waals surface area contributed by atoms with Gasteiger partial charge in [0.25, 0.3) is 0 Å². The molecule has 62 valence electrons. The number of thiophene rings is 1. The molecule has 0 unspecified atom stereocenters. The van der Waals surface area contributed by atoms with Crippen LogP contribution >= 0.6 is 11.3 Å². The summed E-state index contributed by atoms with van der Waals surface area (Å²) in [5.41, 5.74) is 2.23. The Kier molecular flexibility index (Phi) is 1.65. The van der Waals surface area contributed by atoms with Crippen LogP contribution in [0.2, 0.25) is 0 Å². The van der Waals surface area contributed by atoms with E-state index in [0.717, 1.165) is 15.6 Å². The number of hydrogen-bond donors (Lipinski definition) is 0. The lowest BCUT2D eigenvalue weighted by Gasteiger charge is -1.98. The molecule has 0 aliphatic rings. The third kappa shape index (κ3) is 1.03. The van der Waals surface area contributed by atoms with E-state index in [0.29, 0.717) is 0 Å². The topological polar surface area (TPSA) is 0 Å². The Labute approximate surface area is 74.6 Å². The average Bonchev–Trinajstić information content (AvgIpc) is 2.31. The van der Waals surface area contributed by atoms with Crippen molar-refractivity contribution >= 4 is 21.4 Å². The van der Waals surface area contributed by atoms with Gasteiger partial charge in [0.2, 0.25) is 0 Å². The van der Waals surface area contributed by atoms with Crippen molar-refractivity contribution in [1.29, 1.82) is 0 Å². The van der Waals surface area contributed by atoms with Crippen LogP contribution in [0, 0.1) is 19.7 Å². The predicted molar refractivity (Wildman–Crippen MR) is 51.3 cm³/mol. The summed E-state index contributed by atoms with van der Waals surface area (Å²) in [6, 6.07) is 4.04. The second kappa shape index (κ2) is 2.56. The second-order valence-corrected chi connectivity index (χ2v) is 3.95. The van der Waals surface area contributed by atoms with E-state index in [1.54, 1.807) is 5.38 Å². The SMILES string of the molecule is Cc1cc(C)c2c(F)csc2c1. The molecule has 0 radical (unpaired) electrons. The third-order valence-electron chi connectivity index (χ3n) is 1.97. The molecule has 2 rings (SSSR count). The Morgan fingerprint density at radius 1 is 1.25 bits per heavy atom. The minimum absolute atomic E-state index is 0.0903. The second-order valence-electron chi connectivity index (χ2n) is 3.04. The number of hydrogen-bond acceptors (Lipinski definition) is 1. The number of benzene rings is 1. The molecule has 0 bridgehead atoms. The minimum Gasteiger partial charge on any atom is -0.205 e. The Morgan fingerprint density at radius 3 is 2.75 bits per heavy atom. The normalized spacial score (nSPS) is 10.9. The van der Waals surface area contributed by atoms with Gasteiger partial charge in [0.1, 0.15) is 5.82 Å². The molecule has 0 aliphatic heterocycles. The number of fused-ring (bicyclic) bond motifs is 1. The van der Waals surface area contributed by atoms with Crippen LogP contribution in [0.4, 0.5) is 4.39 Å². The summed E-state index contributed by atoms with van der Waals surface area (Å²) in [7, 11) is 0. The maximum atomic E-state index is 13.1. The average molecular weight is 180 g/mol. The quantitative estimate of drug-likeness (QED) is 0.580. The van der Waals surface area contributed by atoms with Gasteiger partial charge < -0.3 is 0 Å². The summed E-state index contributed by atoms with van der Waals surface area (Å²) in [6.45, 7) is 3.98. The van der Waals surface area contributed by atoms with E-state index < -0.39 is 0 Å². The predicted octanol–water partition coefficient (Wildman–Crippen LogP) is 3.66. The van der Waals surface area contributed by atoms with Crippen molar-refractivity contribution < 1.29 is 4.39 Å². The van der Waals surface area contributed by atoms with Gasteiger partial charge in [0.15, 0.2) is 0 Å². The van der Waals surface area contributed by atoms with Crippen molar-refractivity contribution in [2.45, 2.75) is 13.8 Å². The fourth-order valence-corrected chi connectivity index (χ4v) is 2.48. The first-order chi connectivity index (χ1) is 5.68. The number of aryl methyl sites for hydroxylation is 2. The first-order valence-electron chi connectivity index (χ1n) is 3.82. The maximum Gasteiger partial charge on any atom is 0.141 e. The fraction of sp³-hybridized carbons (Fsp3) is 0.200. The molecule has 0 fully saturated rings. The van der Waals surface area contributed by atoms with Crippen molar-refractivity contribution in [3.8, 4) is 0 Å². The van der Waals surface area contributed by atoms with E-state index in [1.165, 1.54) is 16.9 Å². The first-order valence-corrected chi connectivity index (χ1v) is 4.70. The minimum atomic E-state index is -0.0903. The van der Waals surface area contributed by atoms with Crippen molar-refractivity contribution in [2.75, 3.05) is 0 Å². The van der Waals surface area contributed by atoms with Crippen molar-refractivity contribution in [1.82, 2.24) is 0 Å². The Hall–Kier alpha value is -0.890. The van der Waals surface area contributed by atoms with Crippen molar-refractivity contribution in [3.05, 3.63) is 34.5 Å². The van der Waals surface area contributed by atoms with E-state index in [4.69, 9.17) is 0 Å². The van der Waals surface area contributed by atoms with E-state index in [2.05, 4.69) is 0 Å². The lowest BCUT2D eigenvalue weighted by Crippen LogP contribution is -1.79. The number of halogens is 1. The van der Waals surface area contributed by atoms with Gasteiger partial charge in [0.05, 0.1) is 0 Å². The molecule has 0 saturated carbocycles.